The predicted molar refractivity (Wildman–Crippen MR) is 79.9 cm³/mol. The normalized spacial score (nSPS) is 14.3. The Kier molecular flexibility index (Phi) is 5.90. The van der Waals surface area contributed by atoms with Crippen LogP contribution in [0.2, 0.25) is 0 Å². The lowest BCUT2D eigenvalue weighted by atomic mass is 10.1. The number of aliphatic imine (C=N–C) groups is 2. The average Bonchev–Trinajstić information content (AvgIpc) is 2.27. The Morgan fingerprint density at radius 2 is 1.76 bits per heavy atom. The Labute approximate surface area is 121 Å². The summed E-state index contributed by atoms with van der Waals surface area (Å²) in [5.41, 5.74) is 6.90. The Hall–Kier alpha value is -2.37. The maximum atomic E-state index is 11.4. The van der Waals surface area contributed by atoms with Crippen LogP contribution in [0.15, 0.2) is 58.1 Å². The van der Waals surface area contributed by atoms with Crippen molar-refractivity contribution in [2.75, 3.05) is 0 Å². The number of aryl methyl sites for hydroxylation is 1. The molecule has 0 aliphatic heterocycles. The van der Waals surface area contributed by atoms with Crippen molar-refractivity contribution in [2.24, 2.45) is 15.7 Å². The zero-order valence-corrected chi connectivity index (χ0v) is 11.7. The van der Waals surface area contributed by atoms with E-state index in [1.165, 1.54) is 18.0 Å². The number of benzene rings is 1. The number of amidine groups is 1. The van der Waals surface area contributed by atoms with Crippen LogP contribution in [0, 0.1) is 6.92 Å². The Morgan fingerprint density at radius 3 is 2.10 bits per heavy atom. The summed E-state index contributed by atoms with van der Waals surface area (Å²) < 4.78 is 34.1. The van der Waals surface area contributed by atoms with E-state index in [-0.39, 0.29) is 0 Å². The first kappa shape index (κ1) is 16.7. The standard InChI is InChI=1S/C10H13N3.C5H3F3/c1-8-3-5-10(6-4-8)13-7-12-9(2)11;6-5(7,8)4-2-1-3-4/h3-7H,1-2H3,(H2,11,12,13);1-3H. The van der Waals surface area contributed by atoms with Gasteiger partial charge in [0.25, 0.3) is 0 Å². The highest BCUT2D eigenvalue weighted by Gasteiger charge is 2.32. The number of nitrogens with two attached hydrogens (primary N) is 1. The van der Waals surface area contributed by atoms with E-state index < -0.39 is 11.7 Å². The molecule has 0 unspecified atom stereocenters. The zero-order chi connectivity index (χ0) is 15.9. The minimum atomic E-state index is -4.13. The highest BCUT2D eigenvalue weighted by molar-refractivity contribution is 5.85. The number of halogens is 3. The van der Waals surface area contributed by atoms with Gasteiger partial charge in [-0.25, -0.2) is 9.98 Å². The van der Waals surface area contributed by atoms with Gasteiger partial charge in [-0.15, -0.1) is 0 Å². The molecule has 0 fully saturated rings. The first-order valence-corrected chi connectivity index (χ1v) is 6.13. The van der Waals surface area contributed by atoms with E-state index >= 15 is 0 Å². The van der Waals surface area contributed by atoms with E-state index in [9.17, 15) is 13.2 Å². The van der Waals surface area contributed by atoms with Gasteiger partial charge in [-0.05, 0) is 26.0 Å². The van der Waals surface area contributed by atoms with Crippen LogP contribution < -0.4 is 5.73 Å². The fourth-order valence-corrected chi connectivity index (χ4v) is 1.20. The van der Waals surface area contributed by atoms with Crippen LogP contribution >= 0.6 is 0 Å². The molecule has 1 aliphatic rings. The largest absolute Gasteiger partial charge is 0.416 e. The van der Waals surface area contributed by atoms with Crippen molar-refractivity contribution < 1.29 is 13.2 Å². The van der Waals surface area contributed by atoms with Crippen LogP contribution in [0.3, 0.4) is 0 Å². The topological polar surface area (TPSA) is 50.7 Å². The fraction of sp³-hybridized carbons (Fsp3) is 0.200. The van der Waals surface area contributed by atoms with Crippen LogP contribution in [-0.4, -0.2) is 18.4 Å². The number of hydrogen-bond donors (Lipinski definition) is 1. The number of rotatable bonds is 2. The molecule has 112 valence electrons. The summed E-state index contributed by atoms with van der Waals surface area (Å²) in [5.74, 6) is 0.510. The summed E-state index contributed by atoms with van der Waals surface area (Å²) >= 11 is 0. The number of allylic oxidation sites excluding steroid dienone is 4. The van der Waals surface area contributed by atoms with Gasteiger partial charge in [0.2, 0.25) is 0 Å². The summed E-state index contributed by atoms with van der Waals surface area (Å²) in [5, 5.41) is 0. The van der Waals surface area contributed by atoms with Crippen LogP contribution in [0.5, 0.6) is 0 Å². The molecular weight excluding hydrogens is 279 g/mol. The van der Waals surface area contributed by atoms with Crippen molar-refractivity contribution in [1.29, 1.82) is 0 Å². The van der Waals surface area contributed by atoms with E-state index in [4.69, 9.17) is 5.73 Å². The summed E-state index contributed by atoms with van der Waals surface area (Å²) in [7, 11) is 0. The van der Waals surface area contributed by atoms with Crippen LogP contribution in [0.4, 0.5) is 18.9 Å². The molecule has 3 nitrogen and oxygen atoms in total. The van der Waals surface area contributed by atoms with Crippen molar-refractivity contribution in [3.05, 3.63) is 53.6 Å². The minimum Gasteiger partial charge on any atom is -0.387 e. The quantitative estimate of drug-likeness (QED) is 0.648. The summed E-state index contributed by atoms with van der Waals surface area (Å²) in [6, 6.07) is 7.89. The lowest BCUT2D eigenvalue weighted by molar-refractivity contribution is -0.0889. The molecule has 1 aromatic rings. The minimum absolute atomic E-state index is 0.510. The van der Waals surface area contributed by atoms with E-state index in [1.807, 2.05) is 31.2 Å². The molecule has 0 heterocycles. The second-order valence-electron chi connectivity index (χ2n) is 4.33. The SMILES string of the molecule is CC(N)=NC=Nc1ccc(C)cc1.FC(F)(F)C1=CC=C1. The third kappa shape index (κ3) is 6.56. The predicted octanol–water partition coefficient (Wildman–Crippen LogP) is 4.08. The van der Waals surface area contributed by atoms with Crippen LogP contribution in [0.25, 0.3) is 0 Å². The molecule has 0 aromatic heterocycles. The molecule has 0 spiro atoms. The van der Waals surface area contributed by atoms with Gasteiger partial charge in [-0.3, -0.25) is 0 Å². The smallest absolute Gasteiger partial charge is 0.387 e. The van der Waals surface area contributed by atoms with Gasteiger partial charge in [0.15, 0.2) is 0 Å². The van der Waals surface area contributed by atoms with Crippen molar-refractivity contribution in [3.63, 3.8) is 0 Å². The molecule has 0 amide bonds. The van der Waals surface area contributed by atoms with Crippen molar-refractivity contribution in [1.82, 2.24) is 0 Å². The molecule has 0 saturated carbocycles. The van der Waals surface area contributed by atoms with Crippen molar-refractivity contribution in [3.8, 4) is 0 Å². The molecule has 1 aliphatic carbocycles. The second kappa shape index (κ2) is 7.42. The maximum Gasteiger partial charge on any atom is 0.416 e. The maximum absolute atomic E-state index is 11.4. The van der Waals surface area contributed by atoms with Gasteiger partial charge in [-0.1, -0.05) is 35.9 Å². The summed E-state index contributed by atoms with van der Waals surface area (Å²) in [6.45, 7) is 3.76. The van der Waals surface area contributed by atoms with Crippen molar-refractivity contribution >= 4 is 17.9 Å². The van der Waals surface area contributed by atoms with E-state index in [0.717, 1.165) is 17.8 Å². The number of nitrogens with zero attached hydrogens (tertiary/aromatic N) is 2. The molecule has 0 bridgehead atoms. The first-order valence-electron chi connectivity index (χ1n) is 6.13. The van der Waals surface area contributed by atoms with E-state index in [1.54, 1.807) is 6.92 Å². The second-order valence-corrected chi connectivity index (χ2v) is 4.33. The lowest BCUT2D eigenvalue weighted by Crippen LogP contribution is -2.12. The van der Waals surface area contributed by atoms with Crippen LogP contribution in [0.1, 0.15) is 12.5 Å². The molecule has 0 saturated heterocycles. The van der Waals surface area contributed by atoms with E-state index in [2.05, 4.69) is 9.98 Å². The molecular formula is C15H16F3N3. The van der Waals surface area contributed by atoms with E-state index in [0.29, 0.717) is 5.84 Å². The number of alkyl halides is 3. The van der Waals surface area contributed by atoms with Gasteiger partial charge in [0.1, 0.15) is 6.34 Å². The monoisotopic (exact) mass is 295 g/mol. The molecule has 1 aromatic carbocycles. The average molecular weight is 295 g/mol. The molecule has 2 rings (SSSR count). The Morgan fingerprint density at radius 1 is 1.19 bits per heavy atom. The summed E-state index contributed by atoms with van der Waals surface area (Å²) in [4.78, 5) is 7.94. The van der Waals surface area contributed by atoms with Gasteiger partial charge >= 0.3 is 6.18 Å². The van der Waals surface area contributed by atoms with Crippen molar-refractivity contribution in [2.45, 2.75) is 20.0 Å². The van der Waals surface area contributed by atoms with Gasteiger partial charge in [-0.2, -0.15) is 13.2 Å². The molecule has 2 N–H and O–H groups in total. The van der Waals surface area contributed by atoms with Crippen LogP contribution in [-0.2, 0) is 0 Å². The highest BCUT2D eigenvalue weighted by Crippen LogP contribution is 2.29. The Balaban J connectivity index is 0.000000235. The van der Waals surface area contributed by atoms with Gasteiger partial charge in [0, 0.05) is 0 Å². The Bertz CT molecular complexity index is 575. The fourth-order valence-electron chi connectivity index (χ4n) is 1.20. The molecule has 0 atom stereocenters. The first-order chi connectivity index (χ1) is 9.79. The number of hydrogen-bond acceptors (Lipinski definition) is 1. The molecule has 21 heavy (non-hydrogen) atoms. The van der Waals surface area contributed by atoms with Gasteiger partial charge in [0.05, 0.1) is 17.1 Å². The third-order valence-corrected chi connectivity index (χ3v) is 2.38. The van der Waals surface area contributed by atoms with Gasteiger partial charge < -0.3 is 5.73 Å². The molecule has 0 radical (unpaired) electrons. The summed E-state index contributed by atoms with van der Waals surface area (Å²) in [6.07, 6.45) is 0.775. The lowest BCUT2D eigenvalue weighted by Gasteiger charge is -2.09. The zero-order valence-electron chi connectivity index (χ0n) is 11.7. The molecule has 6 heteroatoms. The third-order valence-electron chi connectivity index (χ3n) is 2.38. The highest BCUT2D eigenvalue weighted by atomic mass is 19.4.